The maximum atomic E-state index is 13.1. The molecule has 0 aliphatic heterocycles. The highest BCUT2D eigenvalue weighted by molar-refractivity contribution is 9.10. The van der Waals surface area contributed by atoms with Crippen LogP contribution in [0.4, 0.5) is 15.9 Å². The lowest BCUT2D eigenvalue weighted by Crippen LogP contribution is -2.00. The predicted molar refractivity (Wildman–Crippen MR) is 73.6 cm³/mol. The quantitative estimate of drug-likeness (QED) is 0.880. The van der Waals surface area contributed by atoms with E-state index in [0.717, 1.165) is 0 Å². The van der Waals surface area contributed by atoms with Crippen LogP contribution in [0.3, 0.4) is 0 Å². The van der Waals surface area contributed by atoms with Gasteiger partial charge in [0.05, 0.1) is 15.1 Å². The van der Waals surface area contributed by atoms with Crippen LogP contribution in [0.1, 0.15) is 10.4 Å². The van der Waals surface area contributed by atoms with Gasteiger partial charge < -0.3 is 10.4 Å². The molecule has 2 N–H and O–H groups in total. The second-order valence-corrected chi connectivity index (χ2v) is 4.88. The molecule has 0 amide bonds. The fraction of sp³-hybridized carbons (Fsp3) is 0. The van der Waals surface area contributed by atoms with Gasteiger partial charge in [0.2, 0.25) is 0 Å². The minimum Gasteiger partial charge on any atom is -0.478 e. The highest BCUT2D eigenvalue weighted by Gasteiger charge is 2.09. The average molecular weight is 346 g/mol. The Morgan fingerprint density at radius 1 is 1.42 bits per heavy atom. The Labute approximate surface area is 121 Å². The number of hydrogen-bond acceptors (Lipinski definition) is 3. The summed E-state index contributed by atoms with van der Waals surface area (Å²) in [5, 5.41) is 11.8. The third-order valence-corrected chi connectivity index (χ3v) is 3.17. The first-order valence-corrected chi connectivity index (χ1v) is 6.25. The summed E-state index contributed by atoms with van der Waals surface area (Å²) < 4.78 is 13.4. The van der Waals surface area contributed by atoms with Crippen molar-refractivity contribution in [2.45, 2.75) is 0 Å². The SMILES string of the molecule is O=C(O)c1cnc(Nc2ccc(F)c(Br)c2)c(Cl)c1. The maximum absolute atomic E-state index is 13.1. The van der Waals surface area contributed by atoms with Crippen molar-refractivity contribution in [3.63, 3.8) is 0 Å². The van der Waals surface area contributed by atoms with E-state index in [1.54, 1.807) is 0 Å². The molecule has 4 nitrogen and oxygen atoms in total. The van der Waals surface area contributed by atoms with Crippen LogP contribution in [-0.2, 0) is 0 Å². The molecule has 1 heterocycles. The first kappa shape index (κ1) is 13.8. The van der Waals surface area contributed by atoms with Gasteiger partial charge in [-0.1, -0.05) is 11.6 Å². The summed E-state index contributed by atoms with van der Waals surface area (Å²) in [6.45, 7) is 0. The summed E-state index contributed by atoms with van der Waals surface area (Å²) in [6, 6.07) is 5.62. The van der Waals surface area contributed by atoms with Gasteiger partial charge in [0.25, 0.3) is 0 Å². The van der Waals surface area contributed by atoms with Crippen LogP contribution in [0.15, 0.2) is 34.9 Å². The summed E-state index contributed by atoms with van der Waals surface area (Å²) >= 11 is 8.98. The molecule has 0 fully saturated rings. The van der Waals surface area contributed by atoms with Gasteiger partial charge in [-0.15, -0.1) is 0 Å². The lowest BCUT2D eigenvalue weighted by molar-refractivity contribution is 0.0696. The van der Waals surface area contributed by atoms with Gasteiger partial charge in [0.1, 0.15) is 11.6 Å². The molecule has 1 aromatic carbocycles. The highest BCUT2D eigenvalue weighted by Crippen LogP contribution is 2.26. The molecule has 98 valence electrons. The van der Waals surface area contributed by atoms with Gasteiger partial charge in [-0.25, -0.2) is 14.2 Å². The van der Waals surface area contributed by atoms with Crippen molar-refractivity contribution >= 4 is 45.0 Å². The van der Waals surface area contributed by atoms with E-state index in [-0.39, 0.29) is 16.4 Å². The number of halogens is 3. The number of anilines is 2. The number of carboxylic acid groups (broad SMARTS) is 1. The van der Waals surface area contributed by atoms with Crippen LogP contribution < -0.4 is 5.32 Å². The molecule has 0 radical (unpaired) electrons. The summed E-state index contributed by atoms with van der Waals surface area (Å²) in [6.07, 6.45) is 1.19. The minimum atomic E-state index is -1.11. The summed E-state index contributed by atoms with van der Waals surface area (Å²) in [7, 11) is 0. The molecule has 0 aliphatic carbocycles. The van der Waals surface area contributed by atoms with Crippen molar-refractivity contribution in [2.75, 3.05) is 5.32 Å². The summed E-state index contributed by atoms with van der Waals surface area (Å²) in [4.78, 5) is 14.7. The molecule has 0 atom stereocenters. The molecule has 2 aromatic rings. The van der Waals surface area contributed by atoms with Gasteiger partial charge in [0, 0.05) is 11.9 Å². The van der Waals surface area contributed by atoms with Crippen molar-refractivity contribution in [3.05, 3.63) is 51.3 Å². The number of nitrogens with one attached hydrogen (secondary N) is 1. The molecule has 0 saturated carbocycles. The number of carboxylic acids is 1. The zero-order valence-corrected chi connectivity index (χ0v) is 11.7. The van der Waals surface area contributed by atoms with Crippen molar-refractivity contribution in [1.82, 2.24) is 4.98 Å². The Balaban J connectivity index is 2.28. The third kappa shape index (κ3) is 3.21. The molecule has 19 heavy (non-hydrogen) atoms. The normalized spacial score (nSPS) is 10.3. The molecule has 0 unspecified atom stereocenters. The Bertz CT molecular complexity index is 652. The number of nitrogens with zero attached hydrogens (tertiary/aromatic N) is 1. The third-order valence-electron chi connectivity index (χ3n) is 2.27. The van der Waals surface area contributed by atoms with Crippen molar-refractivity contribution in [1.29, 1.82) is 0 Å². The fourth-order valence-corrected chi connectivity index (χ4v) is 1.95. The number of carbonyl (C=O) groups is 1. The number of hydrogen-bond donors (Lipinski definition) is 2. The second-order valence-electron chi connectivity index (χ2n) is 3.61. The number of aromatic carboxylic acids is 1. The topological polar surface area (TPSA) is 62.2 Å². The molecule has 1 aromatic heterocycles. The zero-order chi connectivity index (χ0) is 14.0. The van der Waals surface area contributed by atoms with E-state index in [1.165, 1.54) is 30.5 Å². The monoisotopic (exact) mass is 344 g/mol. The van der Waals surface area contributed by atoms with E-state index in [4.69, 9.17) is 16.7 Å². The number of benzene rings is 1. The minimum absolute atomic E-state index is 0.00385. The Morgan fingerprint density at radius 2 is 2.16 bits per heavy atom. The van der Waals surface area contributed by atoms with E-state index in [1.807, 2.05) is 0 Å². The molecule has 7 heteroatoms. The summed E-state index contributed by atoms with van der Waals surface area (Å²) in [5.74, 6) is -1.19. The zero-order valence-electron chi connectivity index (χ0n) is 9.32. The van der Waals surface area contributed by atoms with Crippen molar-refractivity contribution in [2.24, 2.45) is 0 Å². The molecule has 2 rings (SSSR count). The van der Waals surface area contributed by atoms with Crippen LogP contribution in [0.25, 0.3) is 0 Å². The first-order valence-electron chi connectivity index (χ1n) is 5.08. The predicted octanol–water partition coefficient (Wildman–Crippen LogP) is 4.08. The summed E-state index contributed by atoms with van der Waals surface area (Å²) in [5.41, 5.74) is 0.571. The van der Waals surface area contributed by atoms with Crippen LogP contribution in [0, 0.1) is 5.82 Å². The smallest absolute Gasteiger partial charge is 0.337 e. The number of rotatable bonds is 3. The molecular weight excluding hydrogens is 338 g/mol. The van der Waals surface area contributed by atoms with Crippen molar-refractivity contribution < 1.29 is 14.3 Å². The number of pyridine rings is 1. The number of aromatic nitrogens is 1. The Morgan fingerprint density at radius 3 is 2.74 bits per heavy atom. The van der Waals surface area contributed by atoms with E-state index in [9.17, 15) is 9.18 Å². The van der Waals surface area contributed by atoms with Crippen LogP contribution in [-0.4, -0.2) is 16.1 Å². The van der Waals surface area contributed by atoms with E-state index in [0.29, 0.717) is 16.0 Å². The lowest BCUT2D eigenvalue weighted by Gasteiger charge is -2.08. The second kappa shape index (κ2) is 5.54. The van der Waals surface area contributed by atoms with Crippen LogP contribution >= 0.6 is 27.5 Å². The molecule has 0 spiro atoms. The Hall–Kier alpha value is -1.66. The maximum Gasteiger partial charge on any atom is 0.337 e. The molecule has 0 saturated heterocycles. The molecule has 0 aliphatic rings. The Kier molecular flexibility index (Phi) is 4.01. The molecule has 0 bridgehead atoms. The van der Waals surface area contributed by atoms with E-state index >= 15 is 0 Å². The average Bonchev–Trinajstić information content (AvgIpc) is 2.36. The standard InChI is InChI=1S/C12H7BrClFN2O2/c13-8-4-7(1-2-10(8)15)17-11-9(14)3-6(5-16-11)12(18)19/h1-5H,(H,16,17)(H,18,19). The van der Waals surface area contributed by atoms with Gasteiger partial charge in [-0.2, -0.15) is 0 Å². The van der Waals surface area contributed by atoms with E-state index < -0.39 is 5.97 Å². The first-order chi connectivity index (χ1) is 8.97. The van der Waals surface area contributed by atoms with Gasteiger partial charge in [-0.3, -0.25) is 0 Å². The van der Waals surface area contributed by atoms with E-state index in [2.05, 4.69) is 26.2 Å². The van der Waals surface area contributed by atoms with Gasteiger partial charge in [-0.05, 0) is 40.2 Å². The fourth-order valence-electron chi connectivity index (χ4n) is 1.36. The van der Waals surface area contributed by atoms with Crippen molar-refractivity contribution in [3.8, 4) is 0 Å². The lowest BCUT2D eigenvalue weighted by atomic mass is 10.2. The van der Waals surface area contributed by atoms with Gasteiger partial charge >= 0.3 is 5.97 Å². The van der Waals surface area contributed by atoms with Crippen LogP contribution in [0.2, 0.25) is 5.02 Å². The molecular formula is C12H7BrClFN2O2. The van der Waals surface area contributed by atoms with Crippen LogP contribution in [0.5, 0.6) is 0 Å². The highest BCUT2D eigenvalue weighted by atomic mass is 79.9. The van der Waals surface area contributed by atoms with Gasteiger partial charge in [0.15, 0.2) is 0 Å². The largest absolute Gasteiger partial charge is 0.478 e.